The third kappa shape index (κ3) is 3.55. The van der Waals surface area contributed by atoms with Crippen LogP contribution in [0.4, 0.5) is 0 Å². The Morgan fingerprint density at radius 1 is 1.04 bits per heavy atom. The van der Waals surface area contributed by atoms with Crippen LogP contribution in [0.15, 0.2) is 72.9 Å². The minimum atomic E-state index is -0.436. The van der Waals surface area contributed by atoms with Gasteiger partial charge in [-0.1, -0.05) is 24.3 Å². The van der Waals surface area contributed by atoms with Crippen LogP contribution in [0, 0.1) is 13.8 Å². The van der Waals surface area contributed by atoms with E-state index in [9.17, 15) is 4.79 Å². The van der Waals surface area contributed by atoms with E-state index in [4.69, 9.17) is 4.74 Å². The molecule has 0 radical (unpaired) electrons. The number of ether oxygens (including phenoxy) is 1. The summed E-state index contributed by atoms with van der Waals surface area (Å²) in [5, 5.41) is 5.51. The molecule has 0 amide bonds. The summed E-state index contributed by atoms with van der Waals surface area (Å²) in [6.45, 7) is 3.90. The van der Waals surface area contributed by atoms with Gasteiger partial charge in [-0.05, 0) is 56.3 Å². The number of esters is 1. The lowest BCUT2D eigenvalue weighted by atomic mass is 10.2. The molecule has 0 aliphatic heterocycles. The molecule has 0 spiro atoms. The maximum absolute atomic E-state index is 12.3. The van der Waals surface area contributed by atoms with Crippen LogP contribution < -0.4 is 4.74 Å². The van der Waals surface area contributed by atoms with Crippen LogP contribution in [0.25, 0.3) is 22.7 Å². The second-order valence-electron chi connectivity index (χ2n) is 6.44. The average Bonchev–Trinajstić information content (AvgIpc) is 3.00. The van der Waals surface area contributed by atoms with Crippen molar-refractivity contribution in [1.82, 2.24) is 14.8 Å². The molecule has 0 unspecified atom stereocenters. The molecule has 28 heavy (non-hydrogen) atoms. The first-order valence-electron chi connectivity index (χ1n) is 8.98. The highest BCUT2D eigenvalue weighted by Gasteiger charge is 2.11. The first kappa shape index (κ1) is 17.7. The predicted molar refractivity (Wildman–Crippen MR) is 109 cm³/mol. The first-order valence-corrected chi connectivity index (χ1v) is 8.98. The highest BCUT2D eigenvalue weighted by molar-refractivity contribution is 5.90. The number of hydrogen-bond donors (Lipinski definition) is 0. The Labute approximate surface area is 162 Å². The number of hydrogen-bond acceptors (Lipinski definition) is 4. The molecule has 2 aromatic heterocycles. The average molecular weight is 369 g/mol. The molecule has 4 rings (SSSR count). The van der Waals surface area contributed by atoms with Gasteiger partial charge in [-0.25, -0.2) is 9.48 Å². The van der Waals surface area contributed by atoms with E-state index >= 15 is 0 Å². The third-order valence-electron chi connectivity index (χ3n) is 4.53. The third-order valence-corrected chi connectivity index (χ3v) is 4.53. The molecule has 0 aliphatic rings. The van der Waals surface area contributed by atoms with Gasteiger partial charge in [0.25, 0.3) is 0 Å². The summed E-state index contributed by atoms with van der Waals surface area (Å²) in [6, 6.07) is 19.1. The summed E-state index contributed by atoms with van der Waals surface area (Å²) in [6.07, 6.45) is 4.92. The molecule has 0 saturated heterocycles. The number of aryl methyl sites for hydroxylation is 1. The molecule has 2 heterocycles. The van der Waals surface area contributed by atoms with Gasteiger partial charge in [0.05, 0.1) is 16.9 Å². The fourth-order valence-corrected chi connectivity index (χ4v) is 3.14. The van der Waals surface area contributed by atoms with Crippen LogP contribution in [0.5, 0.6) is 5.75 Å². The van der Waals surface area contributed by atoms with Gasteiger partial charge >= 0.3 is 5.97 Å². The predicted octanol–water partition coefficient (Wildman–Crippen LogP) is 4.66. The van der Waals surface area contributed by atoms with Crippen LogP contribution in [0.1, 0.15) is 17.0 Å². The molecule has 2 aromatic carbocycles. The van der Waals surface area contributed by atoms with Crippen molar-refractivity contribution in [3.05, 3.63) is 89.9 Å². The number of nitrogens with zero attached hydrogens (tertiary/aromatic N) is 3. The molecule has 0 aliphatic carbocycles. The normalized spacial score (nSPS) is 11.2. The molecule has 0 bridgehead atoms. The monoisotopic (exact) mass is 369 g/mol. The smallest absolute Gasteiger partial charge is 0.336 e. The molecule has 138 valence electrons. The van der Waals surface area contributed by atoms with E-state index in [-0.39, 0.29) is 0 Å². The quantitative estimate of drug-likeness (QED) is 0.298. The maximum atomic E-state index is 12.3. The zero-order valence-electron chi connectivity index (χ0n) is 15.7. The Morgan fingerprint density at radius 3 is 2.68 bits per heavy atom. The van der Waals surface area contributed by atoms with Crippen LogP contribution in [0.2, 0.25) is 0 Å². The van der Waals surface area contributed by atoms with Gasteiger partial charge in [0.1, 0.15) is 5.75 Å². The van der Waals surface area contributed by atoms with Gasteiger partial charge in [-0.3, -0.25) is 4.98 Å². The molecule has 5 nitrogen and oxygen atoms in total. The van der Waals surface area contributed by atoms with Crippen molar-refractivity contribution in [2.45, 2.75) is 13.8 Å². The van der Waals surface area contributed by atoms with E-state index in [1.807, 2.05) is 67.1 Å². The number of para-hydroxylation sites is 1. The van der Waals surface area contributed by atoms with Crippen molar-refractivity contribution in [3.63, 3.8) is 0 Å². The molecule has 0 saturated carbocycles. The SMILES string of the molecule is Cc1nn(-c2ccccc2)c(C)c1C=CC(=O)Oc1ccc2ncccc2c1. The van der Waals surface area contributed by atoms with Crippen molar-refractivity contribution in [2.75, 3.05) is 0 Å². The number of fused-ring (bicyclic) bond motifs is 1. The molecular weight excluding hydrogens is 350 g/mol. The Hall–Kier alpha value is -3.73. The Morgan fingerprint density at radius 2 is 1.86 bits per heavy atom. The lowest BCUT2D eigenvalue weighted by Crippen LogP contribution is -2.03. The molecular formula is C23H19N3O2. The second-order valence-corrected chi connectivity index (χ2v) is 6.44. The fraction of sp³-hybridized carbons (Fsp3) is 0.0870. The highest BCUT2D eigenvalue weighted by atomic mass is 16.5. The number of aromatic nitrogens is 3. The minimum Gasteiger partial charge on any atom is -0.423 e. The Kier molecular flexibility index (Phi) is 4.72. The van der Waals surface area contributed by atoms with Crippen molar-refractivity contribution in [3.8, 4) is 11.4 Å². The van der Waals surface area contributed by atoms with E-state index in [0.717, 1.165) is 33.5 Å². The first-order chi connectivity index (χ1) is 13.6. The largest absolute Gasteiger partial charge is 0.423 e. The fourth-order valence-electron chi connectivity index (χ4n) is 3.14. The van der Waals surface area contributed by atoms with Crippen molar-refractivity contribution in [1.29, 1.82) is 0 Å². The van der Waals surface area contributed by atoms with Gasteiger partial charge in [0.15, 0.2) is 0 Å². The topological polar surface area (TPSA) is 57.0 Å². The highest BCUT2D eigenvalue weighted by Crippen LogP contribution is 2.21. The molecule has 0 atom stereocenters. The van der Waals surface area contributed by atoms with Crippen LogP contribution in [-0.2, 0) is 4.79 Å². The van der Waals surface area contributed by atoms with Gasteiger partial charge < -0.3 is 4.74 Å². The summed E-state index contributed by atoms with van der Waals surface area (Å²) in [4.78, 5) is 16.5. The number of carbonyl (C=O) groups is 1. The lowest BCUT2D eigenvalue weighted by Gasteiger charge is -2.04. The van der Waals surface area contributed by atoms with E-state index in [0.29, 0.717) is 5.75 Å². The van der Waals surface area contributed by atoms with Crippen LogP contribution >= 0.6 is 0 Å². The molecule has 5 heteroatoms. The molecule has 4 aromatic rings. The Bertz CT molecular complexity index is 1180. The van der Waals surface area contributed by atoms with Gasteiger partial charge in [0.2, 0.25) is 0 Å². The summed E-state index contributed by atoms with van der Waals surface area (Å²) in [7, 11) is 0. The summed E-state index contributed by atoms with van der Waals surface area (Å²) < 4.78 is 7.31. The van der Waals surface area contributed by atoms with Crippen LogP contribution in [-0.4, -0.2) is 20.7 Å². The van der Waals surface area contributed by atoms with Gasteiger partial charge in [-0.15, -0.1) is 0 Å². The number of rotatable bonds is 4. The zero-order chi connectivity index (χ0) is 19.5. The van der Waals surface area contributed by atoms with Gasteiger partial charge in [0, 0.05) is 28.9 Å². The lowest BCUT2D eigenvalue weighted by molar-refractivity contribution is -0.128. The summed E-state index contributed by atoms with van der Waals surface area (Å²) in [5.41, 5.74) is 4.56. The standard InChI is InChI=1S/C23H19N3O2/c1-16-21(17(2)26(25-16)19-8-4-3-5-9-19)11-13-23(27)28-20-10-12-22-18(15-20)7-6-14-24-22/h3-15H,1-2H3. The number of pyridine rings is 1. The molecule has 0 fully saturated rings. The molecule has 0 N–H and O–H groups in total. The number of benzene rings is 2. The van der Waals surface area contributed by atoms with Crippen molar-refractivity contribution in [2.24, 2.45) is 0 Å². The van der Waals surface area contributed by atoms with Gasteiger partial charge in [-0.2, -0.15) is 5.10 Å². The summed E-state index contributed by atoms with van der Waals surface area (Å²) in [5.74, 6) is 0.0538. The maximum Gasteiger partial charge on any atom is 0.336 e. The number of carbonyl (C=O) groups excluding carboxylic acids is 1. The van der Waals surface area contributed by atoms with E-state index in [1.165, 1.54) is 6.08 Å². The summed E-state index contributed by atoms with van der Waals surface area (Å²) >= 11 is 0. The van der Waals surface area contributed by atoms with E-state index < -0.39 is 5.97 Å². The Balaban J connectivity index is 1.53. The minimum absolute atomic E-state index is 0.436. The van der Waals surface area contributed by atoms with Crippen molar-refractivity contribution < 1.29 is 9.53 Å². The van der Waals surface area contributed by atoms with E-state index in [1.54, 1.807) is 24.4 Å². The van der Waals surface area contributed by atoms with Crippen LogP contribution in [0.3, 0.4) is 0 Å². The zero-order valence-corrected chi connectivity index (χ0v) is 15.7. The van der Waals surface area contributed by atoms with Crippen molar-refractivity contribution >= 4 is 22.9 Å². The second kappa shape index (κ2) is 7.48. The van der Waals surface area contributed by atoms with E-state index in [2.05, 4.69) is 10.1 Å².